The van der Waals surface area contributed by atoms with E-state index in [1.807, 2.05) is 30.4 Å². The predicted octanol–water partition coefficient (Wildman–Crippen LogP) is 14.5. The number of rotatable bonds is 16. The van der Waals surface area contributed by atoms with E-state index in [-0.39, 0.29) is 36.9 Å². The van der Waals surface area contributed by atoms with Gasteiger partial charge in [0.1, 0.15) is 0 Å². The van der Waals surface area contributed by atoms with Crippen molar-refractivity contribution in [2.75, 3.05) is 0 Å². The average Bonchev–Trinajstić information content (AvgIpc) is 3.62. The van der Waals surface area contributed by atoms with Crippen LogP contribution in [-0.2, 0) is 56.2 Å². The minimum absolute atomic E-state index is 0. The first-order valence-corrected chi connectivity index (χ1v) is 20.3. The predicted molar refractivity (Wildman–Crippen MR) is 237 cm³/mol. The van der Waals surface area contributed by atoms with Crippen LogP contribution in [0.3, 0.4) is 0 Å². The molecule has 1 heterocycles. The third kappa shape index (κ3) is 18.4. The Balaban J connectivity index is 0.000000984. The van der Waals surface area contributed by atoms with Crippen molar-refractivity contribution in [2.45, 2.75) is 112 Å². The molecule has 0 fully saturated rings. The van der Waals surface area contributed by atoms with Crippen molar-refractivity contribution >= 4 is 22.8 Å². The minimum atomic E-state index is 0. The molecule has 0 atom stereocenters. The Labute approximate surface area is 370 Å². The second-order valence-corrected chi connectivity index (χ2v) is 13.4. The van der Waals surface area contributed by atoms with Gasteiger partial charge in [0.2, 0.25) is 11.4 Å². The molecule has 5 rings (SSSR count). The normalized spacial score (nSPS) is 11.2. The van der Waals surface area contributed by atoms with Gasteiger partial charge in [-0.25, -0.2) is 4.70 Å². The summed E-state index contributed by atoms with van der Waals surface area (Å²) in [5, 5.41) is 0. The van der Waals surface area contributed by atoms with E-state index in [1.54, 1.807) is 19.9 Å². The maximum absolute atomic E-state index is 10.6. The number of nitrogens with zero attached hydrogens (tertiary/aromatic N) is 4. The fourth-order valence-electron chi connectivity index (χ4n) is 6.40. The molecule has 4 nitrogen and oxygen atoms in total. The van der Waals surface area contributed by atoms with E-state index < -0.39 is 0 Å². The molecule has 0 saturated heterocycles. The van der Waals surface area contributed by atoms with Crippen LogP contribution in [0.1, 0.15) is 130 Å². The van der Waals surface area contributed by atoms with E-state index in [2.05, 4.69) is 137 Å². The molecular formula is C51H64N4NiPd. The number of allylic oxidation sites excluding steroid dienone is 4. The van der Waals surface area contributed by atoms with Gasteiger partial charge in [-0.05, 0) is 109 Å². The molecule has 0 radical (unpaired) electrons. The molecule has 1 aliphatic rings. The number of benzene rings is 4. The van der Waals surface area contributed by atoms with Gasteiger partial charge >= 0.3 is 16.5 Å². The monoisotopic (exact) mass is 896 g/mol. The van der Waals surface area contributed by atoms with Crippen molar-refractivity contribution in [3.8, 4) is 0 Å². The fraction of sp³-hybridized carbons (Fsp3) is 0.333. The fourth-order valence-corrected chi connectivity index (χ4v) is 6.40. The van der Waals surface area contributed by atoms with Crippen molar-refractivity contribution in [2.24, 2.45) is 0 Å². The molecule has 0 amide bonds. The molecule has 0 aromatic heterocycles. The van der Waals surface area contributed by atoms with Crippen LogP contribution in [0.2, 0.25) is 0 Å². The average molecular weight is 898 g/mol. The first kappa shape index (κ1) is 53.0. The van der Waals surface area contributed by atoms with Crippen LogP contribution >= 0.6 is 0 Å². The molecule has 0 aliphatic carbocycles. The molecule has 0 saturated carbocycles. The zero-order valence-electron chi connectivity index (χ0n) is 35.2. The van der Waals surface area contributed by atoms with E-state index in [4.69, 9.17) is 5.53 Å². The summed E-state index contributed by atoms with van der Waals surface area (Å²) in [6, 6.07) is 34.2. The van der Waals surface area contributed by atoms with E-state index in [0.717, 1.165) is 47.4 Å². The van der Waals surface area contributed by atoms with Crippen LogP contribution in [0.15, 0.2) is 121 Å². The van der Waals surface area contributed by atoms with Crippen LogP contribution in [0.5, 0.6) is 0 Å². The molecule has 308 valence electrons. The zero-order chi connectivity index (χ0) is 40.3. The van der Waals surface area contributed by atoms with Crippen LogP contribution < -0.4 is 0 Å². The molecule has 4 aromatic carbocycles. The quantitative estimate of drug-likeness (QED) is 0.0157. The summed E-state index contributed by atoms with van der Waals surface area (Å²) in [6.45, 7) is 18.7. The van der Waals surface area contributed by atoms with Gasteiger partial charge in [0, 0.05) is 43.7 Å². The van der Waals surface area contributed by atoms with Gasteiger partial charge < -0.3 is 24.9 Å². The Morgan fingerprint density at radius 3 is 1.54 bits per heavy atom. The van der Waals surface area contributed by atoms with Gasteiger partial charge in [0.25, 0.3) is 5.87 Å². The van der Waals surface area contributed by atoms with Gasteiger partial charge in [-0.2, -0.15) is 13.8 Å². The summed E-state index contributed by atoms with van der Waals surface area (Å²) < 4.78 is 1.31. The zero-order valence-corrected chi connectivity index (χ0v) is 37.7. The standard InChI is InChI=1S/C25H30N2.C22H24N2.2C2H5.Ni.Pd/c1-3-5-7-12-22-14-9-16-24(20-22)25(17-10-18-27-26)23-15-8-13-21(19-23)11-6-4-2;1-3-4-5-9-18-10-7-12-20(16-18)22-14-13-21(24(22)23)19-11-6-8-17(2)15-19;2*1-2;;/h8-10,13-17,19-20H,3-7,11-12H2,1-2H3;6-8,10-16H,3-5,9H2,1-2H3;2*1H2,2H3;;/q;;2*-1;+2;. The molecule has 4 aromatic rings. The van der Waals surface area contributed by atoms with Crippen molar-refractivity contribution < 1.29 is 46.4 Å². The maximum atomic E-state index is 10.6. The second kappa shape index (κ2) is 32.0. The third-order valence-electron chi connectivity index (χ3n) is 9.21. The van der Waals surface area contributed by atoms with E-state index in [0.29, 0.717) is 0 Å². The molecule has 0 spiro atoms. The summed E-state index contributed by atoms with van der Waals surface area (Å²) in [5.41, 5.74) is 31.8. The molecule has 0 N–H and O–H groups in total. The summed E-state index contributed by atoms with van der Waals surface area (Å²) in [5.74, 6) is 2.50. The van der Waals surface area contributed by atoms with Crippen LogP contribution in [-0.4, -0.2) is 15.4 Å². The van der Waals surface area contributed by atoms with Gasteiger partial charge in [0.05, 0.1) is 6.08 Å². The summed E-state index contributed by atoms with van der Waals surface area (Å²) in [4.78, 5) is 2.97. The Morgan fingerprint density at radius 1 is 0.632 bits per heavy atom. The topological polar surface area (TPSA) is 61.7 Å². The van der Waals surface area contributed by atoms with Crippen molar-refractivity contribution in [3.63, 3.8) is 0 Å². The van der Waals surface area contributed by atoms with E-state index in [1.165, 1.54) is 89.4 Å². The first-order valence-electron chi connectivity index (χ1n) is 20.3. The number of hydrogen-bond acceptors (Lipinski definition) is 0. The molecular weight excluding hydrogens is 834 g/mol. The molecule has 1 aliphatic heterocycles. The summed E-state index contributed by atoms with van der Waals surface area (Å²) in [7, 11) is 0. The van der Waals surface area contributed by atoms with Gasteiger partial charge in [-0.1, -0.05) is 131 Å². The van der Waals surface area contributed by atoms with E-state index >= 15 is 0 Å². The first-order chi connectivity index (χ1) is 27.0. The van der Waals surface area contributed by atoms with Crippen LogP contribution in [0, 0.1) is 20.8 Å². The van der Waals surface area contributed by atoms with Crippen LogP contribution in [0.4, 0.5) is 0 Å². The Morgan fingerprint density at radius 2 is 1.07 bits per heavy atom. The largest absolute Gasteiger partial charge is 2.00 e. The van der Waals surface area contributed by atoms with Gasteiger partial charge in [0.15, 0.2) is 0 Å². The smallest absolute Gasteiger partial charge is 0.493 e. The Hall–Kier alpha value is -3.98. The van der Waals surface area contributed by atoms with Crippen molar-refractivity contribution in [1.82, 2.24) is 0 Å². The maximum Gasteiger partial charge on any atom is 2.00 e. The molecule has 0 unspecified atom stereocenters. The molecule has 57 heavy (non-hydrogen) atoms. The van der Waals surface area contributed by atoms with Crippen molar-refractivity contribution in [1.29, 1.82) is 0 Å². The number of hydrogen-bond donors (Lipinski definition) is 0. The summed E-state index contributed by atoms with van der Waals surface area (Å²) >= 11 is 0. The number of aryl methyl sites for hydroxylation is 4. The van der Waals surface area contributed by atoms with Crippen LogP contribution in [0.25, 0.3) is 28.0 Å². The van der Waals surface area contributed by atoms with Gasteiger partial charge in [-0.3, -0.25) is 0 Å². The SMILES string of the molecule is CCCCCc1cccc(C(=CC=C=[N+]=[N-])c2cccc(CCCC)c2)c1.CCCCCc1cccc(C2=CC=C(c3cccc(C)c3)[N+]2=[N-])c1.[CH2-]C.[CH2-]C.[Ni+2].[Pd]. The summed E-state index contributed by atoms with van der Waals surface area (Å²) in [6.07, 6.45) is 20.8. The minimum Gasteiger partial charge on any atom is -0.493 e. The third-order valence-corrected chi connectivity index (χ3v) is 9.21. The van der Waals surface area contributed by atoms with Gasteiger partial charge in [-0.15, -0.1) is 4.79 Å². The van der Waals surface area contributed by atoms with E-state index in [9.17, 15) is 5.53 Å². The number of unbranched alkanes of at least 4 members (excludes halogenated alkanes) is 5. The Kier molecular flexibility index (Phi) is 29.8. The van der Waals surface area contributed by atoms with Crippen molar-refractivity contribution in [3.05, 3.63) is 191 Å². The molecule has 6 heteroatoms. The second-order valence-electron chi connectivity index (χ2n) is 13.4. The molecule has 0 bridgehead atoms. The Bertz CT molecular complexity index is 1940.